The van der Waals surface area contributed by atoms with Gasteiger partial charge in [-0.25, -0.2) is 23.5 Å². The smallest absolute Gasteiger partial charge is 0.354 e. The summed E-state index contributed by atoms with van der Waals surface area (Å²) in [6.45, 7) is 0.246. The number of amides is 1. The van der Waals surface area contributed by atoms with Crippen molar-refractivity contribution >= 4 is 58.6 Å². The lowest BCUT2D eigenvalue weighted by atomic mass is 10.0. The number of rotatable bonds is 7. The second-order valence-electron chi connectivity index (χ2n) is 10.2. The number of aromatic nitrogens is 3. The van der Waals surface area contributed by atoms with Gasteiger partial charge in [0.1, 0.15) is 22.9 Å². The Balaban J connectivity index is 0.000000238. The number of nitrogen functional groups attached to an aromatic ring is 2. The Labute approximate surface area is 270 Å². The maximum absolute atomic E-state index is 13.4. The predicted molar refractivity (Wildman–Crippen MR) is 171 cm³/mol. The predicted octanol–water partition coefficient (Wildman–Crippen LogP) is 1.84. The van der Waals surface area contributed by atoms with Gasteiger partial charge in [0.2, 0.25) is 0 Å². The SMILES string of the molecule is COC(=O)c1ccc2c(c1)CC[C@@H]2NC(=O)c1cc(C(=O)O)n2ncc(N)c2n1.Cl.NCc1ccc(F)c(Nc2c(N)c(=O)c2=O)c1. The number of anilines is 4. The monoisotopic (exact) mass is 666 g/mol. The van der Waals surface area contributed by atoms with Crippen LogP contribution in [-0.2, 0) is 17.7 Å². The number of carboxylic acid groups (broad SMARTS) is 1. The summed E-state index contributed by atoms with van der Waals surface area (Å²) in [5.74, 6) is -2.74. The fraction of sp³-hybridized carbons (Fsp3) is 0.167. The van der Waals surface area contributed by atoms with Gasteiger partial charge >= 0.3 is 11.9 Å². The Hall–Kier alpha value is -5.87. The van der Waals surface area contributed by atoms with Crippen LogP contribution in [0.3, 0.4) is 0 Å². The second kappa shape index (κ2) is 13.6. The quantitative estimate of drug-likeness (QED) is 0.107. The van der Waals surface area contributed by atoms with Crippen molar-refractivity contribution in [2.45, 2.75) is 25.4 Å². The molecule has 0 saturated heterocycles. The Bertz CT molecular complexity index is 2110. The van der Waals surface area contributed by atoms with Crippen molar-refractivity contribution in [3.8, 4) is 0 Å². The van der Waals surface area contributed by atoms with Crippen molar-refractivity contribution in [3.05, 3.63) is 109 Å². The number of aryl methyl sites for hydroxylation is 1. The molecule has 0 spiro atoms. The summed E-state index contributed by atoms with van der Waals surface area (Å²) < 4.78 is 19.2. The van der Waals surface area contributed by atoms with Crippen LogP contribution in [0.4, 0.5) is 27.1 Å². The minimum Gasteiger partial charge on any atom is -0.477 e. The van der Waals surface area contributed by atoms with Crippen molar-refractivity contribution in [1.29, 1.82) is 0 Å². The molecule has 0 saturated carbocycles. The van der Waals surface area contributed by atoms with E-state index in [4.69, 9.17) is 21.9 Å². The summed E-state index contributed by atoms with van der Waals surface area (Å²) >= 11 is 0. The van der Waals surface area contributed by atoms with Gasteiger partial charge in [-0.1, -0.05) is 12.1 Å². The van der Waals surface area contributed by atoms with Gasteiger partial charge in [-0.05, 0) is 53.8 Å². The molecule has 17 heteroatoms. The largest absolute Gasteiger partial charge is 0.477 e. The van der Waals surface area contributed by atoms with Crippen molar-refractivity contribution < 1.29 is 28.6 Å². The molecule has 2 heterocycles. The third-order valence-corrected chi connectivity index (χ3v) is 7.37. The maximum Gasteiger partial charge on any atom is 0.354 e. The third-order valence-electron chi connectivity index (χ3n) is 7.37. The van der Waals surface area contributed by atoms with E-state index in [0.717, 1.165) is 21.7 Å². The number of carbonyl (C=O) groups is 3. The molecule has 15 nitrogen and oxygen atoms in total. The lowest BCUT2D eigenvalue weighted by Crippen LogP contribution is -2.36. The number of esters is 1. The Morgan fingerprint density at radius 2 is 1.85 bits per heavy atom. The number of aromatic carboxylic acids is 1. The fourth-order valence-electron chi connectivity index (χ4n) is 4.96. The zero-order valence-electron chi connectivity index (χ0n) is 24.6. The normalized spacial score (nSPS) is 13.2. The van der Waals surface area contributed by atoms with Crippen molar-refractivity contribution in [2.24, 2.45) is 5.73 Å². The summed E-state index contributed by atoms with van der Waals surface area (Å²) in [5.41, 5.74) is 17.9. The molecular formula is C30H28ClFN8O7. The van der Waals surface area contributed by atoms with E-state index in [-0.39, 0.29) is 64.8 Å². The van der Waals surface area contributed by atoms with Crippen LogP contribution < -0.4 is 38.7 Å². The van der Waals surface area contributed by atoms with Crippen LogP contribution >= 0.6 is 12.4 Å². The molecule has 6 rings (SSSR count). The summed E-state index contributed by atoms with van der Waals surface area (Å²) in [7, 11) is 1.32. The first-order valence-electron chi connectivity index (χ1n) is 13.7. The Morgan fingerprint density at radius 1 is 1.11 bits per heavy atom. The van der Waals surface area contributed by atoms with E-state index in [1.807, 2.05) is 0 Å². The molecule has 0 radical (unpaired) electrons. The van der Waals surface area contributed by atoms with Gasteiger partial charge in [-0.2, -0.15) is 5.10 Å². The molecule has 244 valence electrons. The summed E-state index contributed by atoms with van der Waals surface area (Å²) in [6, 6.07) is 10.3. The molecule has 3 aromatic carbocycles. The minimum atomic E-state index is -1.25. The fourth-order valence-corrected chi connectivity index (χ4v) is 4.96. The highest BCUT2D eigenvalue weighted by Gasteiger charge is 2.27. The number of methoxy groups -OCH3 is 1. The molecule has 1 aliphatic rings. The standard InChI is InChI=1S/C19H17N5O5.C11H10FN3O2.ClH/c1-29-19(28)10-2-4-11-9(6-10)3-5-13(11)23-17(25)14-7-15(18(26)27)24-16(22-14)12(20)8-21-24;12-6-2-1-5(4-13)3-7(6)15-9-8(14)10(16)11(9)17;/h2,4,6-8,13H,3,5,20H2,1H3,(H,23,25)(H,26,27);1-3,15H,4,13-14H2;1H/t13-;;/m0../s1. The van der Waals surface area contributed by atoms with E-state index in [1.165, 1.54) is 31.5 Å². The summed E-state index contributed by atoms with van der Waals surface area (Å²) in [6.07, 6.45) is 2.62. The Morgan fingerprint density at radius 3 is 2.51 bits per heavy atom. The molecule has 0 unspecified atom stereocenters. The van der Waals surface area contributed by atoms with E-state index < -0.39 is 34.5 Å². The first-order valence-corrected chi connectivity index (χ1v) is 13.7. The number of hydrogen-bond donors (Lipinski definition) is 6. The average Bonchev–Trinajstić information content (AvgIpc) is 3.65. The molecule has 0 aliphatic heterocycles. The van der Waals surface area contributed by atoms with Gasteiger partial charge in [-0.15, -0.1) is 12.4 Å². The van der Waals surface area contributed by atoms with Gasteiger partial charge in [0.05, 0.1) is 36.3 Å². The van der Waals surface area contributed by atoms with Crippen LogP contribution in [0.15, 0.2) is 58.3 Å². The Kier molecular flexibility index (Phi) is 9.87. The molecule has 9 N–H and O–H groups in total. The molecule has 1 atom stereocenters. The van der Waals surface area contributed by atoms with E-state index in [1.54, 1.807) is 18.2 Å². The molecular weight excluding hydrogens is 639 g/mol. The number of nitrogens with two attached hydrogens (primary N) is 3. The van der Waals surface area contributed by atoms with Crippen molar-refractivity contribution in [1.82, 2.24) is 19.9 Å². The molecule has 2 aromatic heterocycles. The van der Waals surface area contributed by atoms with E-state index >= 15 is 0 Å². The third kappa shape index (κ3) is 6.58. The topological polar surface area (TPSA) is 247 Å². The number of ether oxygens (including phenoxy) is 1. The van der Waals surface area contributed by atoms with Crippen molar-refractivity contribution in [3.63, 3.8) is 0 Å². The number of nitrogens with one attached hydrogen (secondary N) is 2. The van der Waals surface area contributed by atoms with E-state index in [2.05, 4.69) is 20.7 Å². The van der Waals surface area contributed by atoms with Crippen LogP contribution in [-0.4, -0.2) is 44.7 Å². The molecule has 1 amide bonds. The second-order valence-corrected chi connectivity index (χ2v) is 10.2. The number of benzene rings is 2. The van der Waals surface area contributed by atoms with E-state index in [0.29, 0.717) is 24.0 Å². The average molecular weight is 667 g/mol. The summed E-state index contributed by atoms with van der Waals surface area (Å²) in [5, 5.41) is 18.7. The number of carboxylic acids is 1. The van der Waals surface area contributed by atoms with Crippen LogP contribution in [0.25, 0.3) is 5.65 Å². The highest BCUT2D eigenvalue weighted by atomic mass is 35.5. The first kappa shape index (κ1) is 34.0. The number of nitrogens with zero attached hydrogens (tertiary/aromatic N) is 3. The van der Waals surface area contributed by atoms with Gasteiger partial charge in [-0.3, -0.25) is 14.4 Å². The minimum absolute atomic E-state index is 0. The number of fused-ring (bicyclic) bond motifs is 2. The molecule has 47 heavy (non-hydrogen) atoms. The van der Waals surface area contributed by atoms with Gasteiger partial charge in [0, 0.05) is 12.6 Å². The van der Waals surface area contributed by atoms with Crippen LogP contribution in [0.1, 0.15) is 60.5 Å². The maximum atomic E-state index is 13.4. The number of carbonyl (C=O) groups excluding carboxylic acids is 2. The lowest BCUT2D eigenvalue weighted by Gasteiger charge is -2.14. The van der Waals surface area contributed by atoms with Crippen LogP contribution in [0.5, 0.6) is 0 Å². The van der Waals surface area contributed by atoms with Gasteiger partial charge < -0.3 is 37.7 Å². The van der Waals surface area contributed by atoms with E-state index in [9.17, 15) is 33.5 Å². The molecule has 5 aromatic rings. The lowest BCUT2D eigenvalue weighted by molar-refractivity contribution is 0.0599. The van der Waals surface area contributed by atoms with Crippen LogP contribution in [0, 0.1) is 5.82 Å². The van der Waals surface area contributed by atoms with Crippen molar-refractivity contribution in [2.75, 3.05) is 23.9 Å². The molecule has 1 aliphatic carbocycles. The van der Waals surface area contributed by atoms with Gasteiger partial charge in [0.15, 0.2) is 11.3 Å². The molecule has 0 fully saturated rings. The summed E-state index contributed by atoms with van der Waals surface area (Å²) in [4.78, 5) is 62.2. The van der Waals surface area contributed by atoms with Gasteiger partial charge in [0.25, 0.3) is 16.8 Å². The highest BCUT2D eigenvalue weighted by molar-refractivity contribution is 5.97. The number of halogens is 2. The highest BCUT2D eigenvalue weighted by Crippen LogP contribution is 2.32. The zero-order valence-corrected chi connectivity index (χ0v) is 25.4. The number of hydrogen-bond acceptors (Lipinski definition) is 12. The zero-order chi connectivity index (χ0) is 33.3. The van der Waals surface area contributed by atoms with Crippen LogP contribution in [0.2, 0.25) is 0 Å². The molecule has 0 bridgehead atoms. The first-order chi connectivity index (χ1) is 21.9.